The molecular weight excluding hydrogens is 491 g/mol. The van der Waals surface area contributed by atoms with Gasteiger partial charge in [-0.3, -0.25) is 25.2 Å². The van der Waals surface area contributed by atoms with Crippen LogP contribution in [0.5, 0.6) is 0 Å². The van der Waals surface area contributed by atoms with Gasteiger partial charge >= 0.3 is 6.09 Å². The van der Waals surface area contributed by atoms with E-state index in [1.54, 1.807) is 20.8 Å². The van der Waals surface area contributed by atoms with E-state index in [0.29, 0.717) is 4.90 Å². The second-order valence-corrected chi connectivity index (χ2v) is 12.6. The van der Waals surface area contributed by atoms with Gasteiger partial charge in [0, 0.05) is 16.9 Å². The van der Waals surface area contributed by atoms with Crippen molar-refractivity contribution in [3.63, 3.8) is 0 Å². The van der Waals surface area contributed by atoms with Gasteiger partial charge in [0.25, 0.3) is 11.8 Å². The maximum Gasteiger partial charge on any atom is 0.408 e. The van der Waals surface area contributed by atoms with E-state index >= 15 is 0 Å². The molecule has 0 radical (unpaired) electrons. The molecule has 0 saturated heterocycles. The van der Waals surface area contributed by atoms with E-state index < -0.39 is 61.4 Å². The molecule has 1 aliphatic heterocycles. The number of amides is 4. The van der Waals surface area contributed by atoms with Gasteiger partial charge in [-0.1, -0.05) is 0 Å². The van der Waals surface area contributed by atoms with E-state index in [0.717, 1.165) is 44.0 Å². The van der Waals surface area contributed by atoms with E-state index in [9.17, 15) is 32.0 Å². The Labute approximate surface area is 200 Å². The molecule has 0 fully saturated rings. The number of halogens is 1. The van der Waals surface area contributed by atoms with Crippen LogP contribution in [0.15, 0.2) is 17.0 Å². The van der Waals surface area contributed by atoms with Gasteiger partial charge in [0.2, 0.25) is 5.91 Å². The van der Waals surface area contributed by atoms with Crippen molar-refractivity contribution in [3.8, 4) is 0 Å². The Morgan fingerprint density at radius 3 is 2.32 bits per heavy atom. The zero-order chi connectivity index (χ0) is 26.1. The van der Waals surface area contributed by atoms with Crippen LogP contribution >= 0.6 is 11.8 Å². The van der Waals surface area contributed by atoms with Gasteiger partial charge in [-0.25, -0.2) is 17.6 Å². The lowest BCUT2D eigenvalue weighted by Gasteiger charge is -2.22. The monoisotopic (exact) mass is 518 g/mol. The van der Waals surface area contributed by atoms with Gasteiger partial charge in [0.05, 0.1) is 11.3 Å². The summed E-state index contributed by atoms with van der Waals surface area (Å²) in [7, 11) is -3.80. The number of hydrazine groups is 1. The second-order valence-electron chi connectivity index (χ2n) is 9.02. The molecule has 4 amide bonds. The summed E-state index contributed by atoms with van der Waals surface area (Å²) in [6.07, 6.45) is 0.0736. The molecule has 0 spiro atoms. The number of anilines is 1. The van der Waals surface area contributed by atoms with Crippen molar-refractivity contribution in [3.05, 3.63) is 23.5 Å². The zero-order valence-electron chi connectivity index (χ0n) is 19.5. The number of carbonyl (C=O) groups is 4. The minimum atomic E-state index is -3.80. The van der Waals surface area contributed by atoms with Crippen molar-refractivity contribution >= 4 is 51.1 Å². The minimum Gasteiger partial charge on any atom is -0.444 e. The average molecular weight is 519 g/mol. The van der Waals surface area contributed by atoms with E-state index in [2.05, 4.69) is 10.6 Å². The molecule has 34 heavy (non-hydrogen) atoms. The van der Waals surface area contributed by atoms with Gasteiger partial charge < -0.3 is 15.4 Å². The highest BCUT2D eigenvalue weighted by Crippen LogP contribution is 2.33. The summed E-state index contributed by atoms with van der Waals surface area (Å²) in [5.74, 6) is -3.53. The van der Waals surface area contributed by atoms with E-state index in [1.807, 2.05) is 10.9 Å². The molecule has 1 heterocycles. The molecule has 0 bridgehead atoms. The molecule has 1 aromatic carbocycles. The van der Waals surface area contributed by atoms with Crippen molar-refractivity contribution in [2.45, 2.75) is 55.9 Å². The van der Waals surface area contributed by atoms with Crippen molar-refractivity contribution in [2.75, 3.05) is 17.3 Å². The molecule has 188 valence electrons. The minimum absolute atomic E-state index is 0.0830. The fourth-order valence-electron chi connectivity index (χ4n) is 2.47. The Balaban J connectivity index is 2.14. The first-order valence-electron chi connectivity index (χ1n) is 9.99. The fraction of sp³-hybridized carbons (Fsp3) is 0.500. The number of alkyl carbamates (subject to hydrolysis) is 1. The number of nitrogens with one attached hydrogen (secondary N) is 4. The molecule has 1 atom stereocenters. The summed E-state index contributed by atoms with van der Waals surface area (Å²) in [6, 6.07) is 1.13. The molecule has 1 aliphatic rings. The molecule has 11 nitrogen and oxygen atoms in total. The van der Waals surface area contributed by atoms with E-state index in [1.165, 1.54) is 0 Å². The molecule has 0 aromatic heterocycles. The summed E-state index contributed by atoms with van der Waals surface area (Å²) in [5, 5.41) is 4.98. The van der Waals surface area contributed by atoms with E-state index in [4.69, 9.17) is 4.74 Å². The molecular formula is C20H27FN4O7S2. The molecule has 2 rings (SSSR count). The Hall–Kier alpha value is -2.87. The first-order valence-corrected chi connectivity index (χ1v) is 12.9. The Morgan fingerprint density at radius 2 is 1.76 bits per heavy atom. The highest BCUT2D eigenvalue weighted by atomic mass is 32.2. The third kappa shape index (κ3) is 6.59. The maximum atomic E-state index is 14.6. The molecule has 0 unspecified atom stereocenters. The maximum absolute atomic E-state index is 14.6. The van der Waals surface area contributed by atoms with Gasteiger partial charge in [-0.05, 0) is 46.8 Å². The lowest BCUT2D eigenvalue weighted by Crippen LogP contribution is -2.53. The number of sulfone groups is 1. The van der Waals surface area contributed by atoms with Crippen LogP contribution in [0, 0.1) is 5.82 Å². The molecule has 0 aliphatic carbocycles. The number of thioether (sulfide) groups is 1. The molecule has 14 heteroatoms. The summed E-state index contributed by atoms with van der Waals surface area (Å²) in [5.41, 5.74) is 2.79. The number of benzene rings is 1. The number of hydrogen-bond donors (Lipinski definition) is 4. The Morgan fingerprint density at radius 1 is 1.15 bits per heavy atom. The number of ether oxygens (including phenoxy) is 1. The fourth-order valence-corrected chi connectivity index (χ4v) is 3.89. The van der Waals surface area contributed by atoms with E-state index in [-0.39, 0.29) is 11.4 Å². The SMILES string of the molecule is CC(C)(C)OC(=O)N[C@H]1CSc2cc(F)c(C(=O)NNC(=O)C(C)(C)S(C)(=O)=O)cc2NC1=O. The topological polar surface area (TPSA) is 160 Å². The summed E-state index contributed by atoms with van der Waals surface area (Å²) >= 11 is 1.08. The van der Waals surface area contributed by atoms with Crippen LogP contribution in [-0.4, -0.2) is 60.6 Å². The standard InChI is InChI=1S/C20H27FN4O7S2/c1-19(2,3)32-18(29)23-13-9-33-14-8-11(21)10(7-12(14)22-16(13)27)15(26)24-25-17(28)20(4,5)34(6,30)31/h7-8,13H,9H2,1-6H3,(H,22,27)(H,23,29)(H,24,26)(H,25,28)/t13-/m0/s1. The quantitative estimate of drug-likeness (QED) is 0.435. The largest absolute Gasteiger partial charge is 0.444 e. The van der Waals surface area contributed by atoms with Crippen LogP contribution in [-0.2, 0) is 24.2 Å². The number of carbonyl (C=O) groups excluding carboxylic acids is 4. The summed E-state index contributed by atoms with van der Waals surface area (Å²) in [6.45, 7) is 7.32. The van der Waals surface area contributed by atoms with Crippen LogP contribution < -0.4 is 21.5 Å². The van der Waals surface area contributed by atoms with Crippen molar-refractivity contribution in [1.29, 1.82) is 0 Å². The highest BCUT2D eigenvalue weighted by molar-refractivity contribution is 7.99. The lowest BCUT2D eigenvalue weighted by molar-refractivity contribution is -0.123. The number of hydrogen-bond acceptors (Lipinski definition) is 8. The number of rotatable bonds is 4. The second kappa shape index (κ2) is 9.78. The smallest absolute Gasteiger partial charge is 0.408 e. The number of fused-ring (bicyclic) bond motifs is 1. The van der Waals surface area contributed by atoms with Crippen LogP contribution in [0.4, 0.5) is 14.9 Å². The normalized spacial score (nSPS) is 16.4. The highest BCUT2D eigenvalue weighted by Gasteiger charge is 2.39. The van der Waals surface area contributed by atoms with Gasteiger partial charge in [0.1, 0.15) is 22.2 Å². The summed E-state index contributed by atoms with van der Waals surface area (Å²) < 4.78 is 41.4. The zero-order valence-corrected chi connectivity index (χ0v) is 21.1. The Kier molecular flexibility index (Phi) is 7.87. The Bertz CT molecular complexity index is 1130. The predicted octanol–water partition coefficient (Wildman–Crippen LogP) is 1.35. The average Bonchev–Trinajstić information content (AvgIpc) is 2.81. The van der Waals surface area contributed by atoms with Gasteiger partial charge in [-0.2, -0.15) is 0 Å². The third-order valence-electron chi connectivity index (χ3n) is 4.75. The van der Waals surface area contributed by atoms with Gasteiger partial charge in [-0.15, -0.1) is 11.8 Å². The molecule has 4 N–H and O–H groups in total. The molecule has 0 saturated carbocycles. The van der Waals surface area contributed by atoms with Crippen LogP contribution in [0.2, 0.25) is 0 Å². The third-order valence-corrected chi connectivity index (χ3v) is 7.94. The lowest BCUT2D eigenvalue weighted by atomic mass is 10.1. The van der Waals surface area contributed by atoms with Crippen LogP contribution in [0.3, 0.4) is 0 Å². The van der Waals surface area contributed by atoms with Crippen molar-refractivity contribution in [2.24, 2.45) is 0 Å². The van der Waals surface area contributed by atoms with Crippen LogP contribution in [0.25, 0.3) is 0 Å². The van der Waals surface area contributed by atoms with Gasteiger partial charge in [0.15, 0.2) is 9.84 Å². The summed E-state index contributed by atoms with van der Waals surface area (Å²) in [4.78, 5) is 49.5. The van der Waals surface area contributed by atoms with Crippen LogP contribution in [0.1, 0.15) is 45.0 Å². The molecule has 1 aromatic rings. The predicted molar refractivity (Wildman–Crippen MR) is 123 cm³/mol. The van der Waals surface area contributed by atoms with Crippen molar-refractivity contribution in [1.82, 2.24) is 16.2 Å². The van der Waals surface area contributed by atoms with Crippen molar-refractivity contribution < 1.29 is 36.7 Å². The first kappa shape index (κ1) is 27.4. The first-order chi connectivity index (χ1) is 15.4.